The summed E-state index contributed by atoms with van der Waals surface area (Å²) >= 11 is 0. The summed E-state index contributed by atoms with van der Waals surface area (Å²) in [7, 11) is 1.48. The second-order valence-corrected chi connectivity index (χ2v) is 4.43. The molecule has 1 rings (SSSR count). The van der Waals surface area contributed by atoms with Gasteiger partial charge in [0.25, 0.3) is 0 Å². The quantitative estimate of drug-likeness (QED) is 0.702. The fourth-order valence-corrected chi connectivity index (χ4v) is 1.62. The molecule has 0 aliphatic rings. The third-order valence-corrected chi connectivity index (χ3v) is 2.57. The molecule has 0 aliphatic carbocycles. The van der Waals surface area contributed by atoms with Crippen molar-refractivity contribution in [1.82, 2.24) is 0 Å². The summed E-state index contributed by atoms with van der Waals surface area (Å²) in [6, 6.07) is 6.20. The molecule has 2 amide bonds. The molecule has 1 unspecified atom stereocenters. The molecule has 0 heterocycles. The van der Waals surface area contributed by atoms with E-state index >= 15 is 0 Å². The monoisotopic (exact) mass is 279 g/mol. The number of hydrogen-bond donors (Lipinski definition) is 3. The van der Waals surface area contributed by atoms with Crippen molar-refractivity contribution in [2.45, 2.75) is 25.8 Å². The lowest BCUT2D eigenvalue weighted by atomic mass is 10.2. The second kappa shape index (κ2) is 8.29. The van der Waals surface area contributed by atoms with Crippen LogP contribution in [0.4, 0.5) is 11.4 Å². The normalized spacial score (nSPS) is 11.8. The van der Waals surface area contributed by atoms with E-state index in [9.17, 15) is 9.59 Å². The van der Waals surface area contributed by atoms with Gasteiger partial charge in [-0.05, 0) is 24.6 Å². The minimum absolute atomic E-state index is 0.0490. The fourth-order valence-electron chi connectivity index (χ4n) is 1.62. The molecule has 4 N–H and O–H groups in total. The molecule has 1 aromatic carbocycles. The highest BCUT2D eigenvalue weighted by molar-refractivity contribution is 5.96. The zero-order valence-electron chi connectivity index (χ0n) is 11.8. The third kappa shape index (κ3) is 5.38. The summed E-state index contributed by atoms with van der Waals surface area (Å²) in [4.78, 5) is 23.2. The molecule has 0 bridgehead atoms. The van der Waals surface area contributed by atoms with Gasteiger partial charge in [0, 0.05) is 24.9 Å². The predicted molar refractivity (Wildman–Crippen MR) is 78.5 cm³/mol. The van der Waals surface area contributed by atoms with Crippen molar-refractivity contribution in [3.63, 3.8) is 0 Å². The topological polar surface area (TPSA) is 93.5 Å². The highest BCUT2D eigenvalue weighted by atomic mass is 16.5. The standard InChI is InChI=1S/C14H21N3O3/c1-3-5-13(18)16-10-6-4-7-11(8-10)17-14(19)12(15)9-20-2/h4,6-8,12H,3,5,9,15H2,1-2H3,(H,16,18)(H,17,19). The van der Waals surface area contributed by atoms with E-state index in [1.54, 1.807) is 24.3 Å². The Kier molecular flexibility index (Phi) is 6.69. The van der Waals surface area contributed by atoms with Gasteiger partial charge in [0.15, 0.2) is 0 Å². The van der Waals surface area contributed by atoms with Gasteiger partial charge in [-0.1, -0.05) is 13.0 Å². The lowest BCUT2D eigenvalue weighted by Crippen LogP contribution is -2.39. The van der Waals surface area contributed by atoms with Crippen LogP contribution in [-0.2, 0) is 14.3 Å². The van der Waals surface area contributed by atoms with E-state index in [0.717, 1.165) is 6.42 Å². The van der Waals surface area contributed by atoms with E-state index in [1.807, 2.05) is 6.92 Å². The van der Waals surface area contributed by atoms with Crippen LogP contribution in [0.25, 0.3) is 0 Å². The summed E-state index contributed by atoms with van der Waals surface area (Å²) in [6.45, 7) is 2.09. The van der Waals surface area contributed by atoms with Gasteiger partial charge in [0.2, 0.25) is 11.8 Å². The molecule has 0 radical (unpaired) electrons. The number of hydrogen-bond acceptors (Lipinski definition) is 4. The molecule has 20 heavy (non-hydrogen) atoms. The highest BCUT2D eigenvalue weighted by Gasteiger charge is 2.13. The van der Waals surface area contributed by atoms with E-state index in [0.29, 0.717) is 17.8 Å². The van der Waals surface area contributed by atoms with Gasteiger partial charge in [-0.15, -0.1) is 0 Å². The van der Waals surface area contributed by atoms with Crippen molar-refractivity contribution < 1.29 is 14.3 Å². The Morgan fingerprint density at radius 1 is 1.30 bits per heavy atom. The van der Waals surface area contributed by atoms with Crippen LogP contribution in [-0.4, -0.2) is 31.6 Å². The molecule has 6 heteroatoms. The molecule has 0 saturated carbocycles. The summed E-state index contributed by atoms with van der Waals surface area (Å²) in [5, 5.41) is 5.44. The van der Waals surface area contributed by atoms with Crippen LogP contribution in [0.15, 0.2) is 24.3 Å². The minimum Gasteiger partial charge on any atom is -0.383 e. The van der Waals surface area contributed by atoms with Crippen LogP contribution < -0.4 is 16.4 Å². The van der Waals surface area contributed by atoms with Crippen LogP contribution in [0.2, 0.25) is 0 Å². The fraction of sp³-hybridized carbons (Fsp3) is 0.429. The number of anilines is 2. The Morgan fingerprint density at radius 3 is 2.55 bits per heavy atom. The first-order valence-corrected chi connectivity index (χ1v) is 6.52. The molecule has 1 aromatic rings. The van der Waals surface area contributed by atoms with Crippen molar-refractivity contribution >= 4 is 23.2 Å². The molecule has 0 saturated heterocycles. The summed E-state index contributed by atoms with van der Waals surface area (Å²) < 4.78 is 4.82. The lowest BCUT2D eigenvalue weighted by Gasteiger charge is -2.12. The van der Waals surface area contributed by atoms with Gasteiger partial charge < -0.3 is 21.1 Å². The zero-order chi connectivity index (χ0) is 15.0. The van der Waals surface area contributed by atoms with Crippen LogP contribution >= 0.6 is 0 Å². The molecule has 6 nitrogen and oxygen atoms in total. The maximum Gasteiger partial charge on any atom is 0.243 e. The summed E-state index contributed by atoms with van der Waals surface area (Å²) in [6.07, 6.45) is 1.25. The van der Waals surface area contributed by atoms with Gasteiger partial charge in [-0.2, -0.15) is 0 Å². The number of carbonyl (C=O) groups excluding carboxylic acids is 2. The largest absolute Gasteiger partial charge is 0.383 e. The predicted octanol–water partition coefficient (Wildman–Crippen LogP) is 1.34. The molecule has 1 atom stereocenters. The Bertz CT molecular complexity index is 463. The molecule has 0 spiro atoms. The highest BCUT2D eigenvalue weighted by Crippen LogP contribution is 2.15. The first kappa shape index (κ1) is 16.1. The van der Waals surface area contributed by atoms with Crippen molar-refractivity contribution in [2.75, 3.05) is 24.4 Å². The Balaban J connectivity index is 2.63. The number of carbonyl (C=O) groups is 2. The Morgan fingerprint density at radius 2 is 1.95 bits per heavy atom. The molecular weight excluding hydrogens is 258 g/mol. The zero-order valence-corrected chi connectivity index (χ0v) is 11.8. The van der Waals surface area contributed by atoms with E-state index in [2.05, 4.69) is 10.6 Å². The van der Waals surface area contributed by atoms with Crippen molar-refractivity contribution in [1.29, 1.82) is 0 Å². The van der Waals surface area contributed by atoms with Gasteiger partial charge in [0.05, 0.1) is 6.61 Å². The van der Waals surface area contributed by atoms with Crippen molar-refractivity contribution in [3.8, 4) is 0 Å². The van der Waals surface area contributed by atoms with Crippen LogP contribution in [0.3, 0.4) is 0 Å². The molecular formula is C14H21N3O3. The van der Waals surface area contributed by atoms with Crippen LogP contribution in [0, 0.1) is 0 Å². The summed E-state index contributed by atoms with van der Waals surface area (Å²) in [5.41, 5.74) is 6.85. The number of benzene rings is 1. The Hall–Kier alpha value is -1.92. The Labute approximate surface area is 118 Å². The summed E-state index contributed by atoms with van der Waals surface area (Å²) in [5.74, 6) is -0.379. The van der Waals surface area contributed by atoms with Crippen LogP contribution in [0.1, 0.15) is 19.8 Å². The smallest absolute Gasteiger partial charge is 0.243 e. The van der Waals surface area contributed by atoms with E-state index in [4.69, 9.17) is 10.5 Å². The average molecular weight is 279 g/mol. The van der Waals surface area contributed by atoms with Crippen molar-refractivity contribution in [2.24, 2.45) is 5.73 Å². The number of rotatable bonds is 7. The number of nitrogens with two attached hydrogens (primary N) is 1. The third-order valence-electron chi connectivity index (χ3n) is 2.57. The molecule has 0 aliphatic heterocycles. The van der Waals surface area contributed by atoms with E-state index in [1.165, 1.54) is 7.11 Å². The van der Waals surface area contributed by atoms with Gasteiger partial charge in [-0.3, -0.25) is 9.59 Å². The minimum atomic E-state index is -0.724. The number of methoxy groups -OCH3 is 1. The molecule has 0 aromatic heterocycles. The first-order chi connectivity index (χ1) is 9.56. The van der Waals surface area contributed by atoms with Gasteiger partial charge in [-0.25, -0.2) is 0 Å². The maximum absolute atomic E-state index is 11.7. The molecule has 0 fully saturated rings. The first-order valence-electron chi connectivity index (χ1n) is 6.52. The lowest BCUT2D eigenvalue weighted by molar-refractivity contribution is -0.118. The number of amides is 2. The second-order valence-electron chi connectivity index (χ2n) is 4.43. The SMILES string of the molecule is CCCC(=O)Nc1cccc(NC(=O)C(N)COC)c1. The number of nitrogens with one attached hydrogen (secondary N) is 2. The van der Waals surface area contributed by atoms with Crippen molar-refractivity contribution in [3.05, 3.63) is 24.3 Å². The number of ether oxygens (including phenoxy) is 1. The maximum atomic E-state index is 11.7. The van der Waals surface area contributed by atoms with Gasteiger partial charge >= 0.3 is 0 Å². The van der Waals surface area contributed by atoms with Crippen LogP contribution in [0.5, 0.6) is 0 Å². The van der Waals surface area contributed by atoms with E-state index < -0.39 is 6.04 Å². The van der Waals surface area contributed by atoms with Gasteiger partial charge in [0.1, 0.15) is 6.04 Å². The average Bonchev–Trinajstić information content (AvgIpc) is 2.39. The molecule has 110 valence electrons. The van der Waals surface area contributed by atoms with E-state index in [-0.39, 0.29) is 18.4 Å².